The van der Waals surface area contributed by atoms with E-state index in [1.807, 2.05) is 38.2 Å². The second kappa shape index (κ2) is 12.4. The summed E-state index contributed by atoms with van der Waals surface area (Å²) in [6, 6.07) is 12.4. The minimum Gasteiger partial charge on any atom is -0.497 e. The normalized spacial score (nSPS) is 17.5. The van der Waals surface area contributed by atoms with Crippen LogP contribution in [-0.2, 0) is 13.0 Å². The van der Waals surface area contributed by atoms with Gasteiger partial charge in [0.25, 0.3) is 0 Å². The molecule has 2 N–H and O–H groups in total. The molecular weight excluding hydrogens is 450 g/mol. The first-order valence-electron chi connectivity index (χ1n) is 11.5. The molecule has 4 rings (SSSR count). The molecule has 2 aromatic heterocycles. The third kappa shape index (κ3) is 6.50. The van der Waals surface area contributed by atoms with Crippen LogP contribution < -0.4 is 15.4 Å². The molecule has 0 aliphatic heterocycles. The van der Waals surface area contributed by atoms with Crippen molar-refractivity contribution in [2.75, 3.05) is 14.2 Å². The van der Waals surface area contributed by atoms with Gasteiger partial charge in [-0.3, -0.25) is 15.1 Å². The first-order valence-corrected chi connectivity index (χ1v) is 12.3. The van der Waals surface area contributed by atoms with Crippen molar-refractivity contribution in [3.05, 3.63) is 62.6 Å². The zero-order valence-electron chi connectivity index (χ0n) is 19.8. The number of pyridine rings is 1. The number of hydrogen-bond acceptors (Lipinski definition) is 8. The van der Waals surface area contributed by atoms with Crippen LogP contribution >= 0.6 is 11.3 Å². The van der Waals surface area contributed by atoms with Gasteiger partial charge in [-0.1, -0.05) is 24.7 Å². The Bertz CT molecular complexity index is 1160. The van der Waals surface area contributed by atoms with Crippen LogP contribution in [0.2, 0.25) is 0 Å². The van der Waals surface area contributed by atoms with Gasteiger partial charge in [-0.25, -0.2) is 0 Å². The molecule has 1 fully saturated rings. The zero-order valence-corrected chi connectivity index (χ0v) is 20.7. The predicted octanol–water partition coefficient (Wildman–Crippen LogP) is 4.95. The molecule has 1 saturated carbocycles. The van der Waals surface area contributed by atoms with Gasteiger partial charge < -0.3 is 15.4 Å². The summed E-state index contributed by atoms with van der Waals surface area (Å²) in [5.41, 5.74) is 2.58. The lowest BCUT2D eigenvalue weighted by Crippen LogP contribution is -2.40. The number of nitro groups is 1. The Kier molecular flexibility index (Phi) is 9.33. The van der Waals surface area contributed by atoms with Gasteiger partial charge in [-0.05, 0) is 62.6 Å². The molecule has 0 saturated heterocycles. The fourth-order valence-electron chi connectivity index (χ4n) is 4.27. The number of rotatable bonds is 7. The Morgan fingerprint density at radius 1 is 1.29 bits per heavy atom. The second-order valence-corrected chi connectivity index (χ2v) is 9.37. The van der Waals surface area contributed by atoms with Crippen LogP contribution in [0.5, 0.6) is 5.75 Å². The third-order valence-corrected chi connectivity index (χ3v) is 7.17. The van der Waals surface area contributed by atoms with Gasteiger partial charge >= 0.3 is 5.00 Å². The molecule has 8 nitrogen and oxygen atoms in total. The number of hydrogen-bond donors (Lipinski definition) is 2. The van der Waals surface area contributed by atoms with Crippen molar-refractivity contribution in [1.29, 1.82) is 5.26 Å². The summed E-state index contributed by atoms with van der Waals surface area (Å²) in [4.78, 5) is 15.6. The van der Waals surface area contributed by atoms with Crippen LogP contribution in [0, 0.1) is 21.4 Å². The molecule has 0 amide bonds. The fraction of sp³-hybridized carbons (Fsp3) is 0.440. The van der Waals surface area contributed by atoms with E-state index in [-0.39, 0.29) is 9.92 Å². The molecule has 3 aromatic rings. The standard InChI is InChI=1S/C13H12N2O.C12H19N3O2S/c1-3-11-9(7-14)8-15-13-5-4-10(16-2)6-12(11)13;1-13-9-3-2-4-10(7-9)14-8-11-5-6-12(18-11)15(16)17/h4-6,8H,3H2,1-2H3;5-6,9-10,13-14H,2-4,7-8H2,1H3. The van der Waals surface area contributed by atoms with Crippen LogP contribution in [0.1, 0.15) is 48.6 Å². The van der Waals surface area contributed by atoms with Gasteiger partial charge in [0.1, 0.15) is 11.8 Å². The van der Waals surface area contributed by atoms with E-state index in [2.05, 4.69) is 21.7 Å². The van der Waals surface area contributed by atoms with Gasteiger partial charge in [0, 0.05) is 41.2 Å². The SMILES string of the molecule is CCc1c(C#N)cnc2ccc(OC)cc12.CNC1CCCC(NCc2ccc([N+](=O)[O-])s2)C1. The third-order valence-electron chi connectivity index (χ3n) is 6.14. The molecule has 34 heavy (non-hydrogen) atoms. The van der Waals surface area contributed by atoms with Gasteiger partial charge in [-0.2, -0.15) is 5.26 Å². The highest BCUT2D eigenvalue weighted by Crippen LogP contribution is 2.26. The largest absolute Gasteiger partial charge is 0.497 e. The average Bonchev–Trinajstić information content (AvgIpc) is 3.36. The molecule has 1 aliphatic carbocycles. The quantitative estimate of drug-likeness (QED) is 0.362. The highest BCUT2D eigenvalue weighted by molar-refractivity contribution is 7.15. The highest BCUT2D eigenvalue weighted by Gasteiger charge is 2.20. The van der Waals surface area contributed by atoms with Gasteiger partial charge in [-0.15, -0.1) is 0 Å². The number of aromatic nitrogens is 1. The summed E-state index contributed by atoms with van der Waals surface area (Å²) in [5.74, 6) is 0.791. The number of fused-ring (bicyclic) bond motifs is 1. The summed E-state index contributed by atoms with van der Waals surface area (Å²) in [6.07, 6.45) is 7.28. The van der Waals surface area contributed by atoms with Crippen LogP contribution in [0.4, 0.5) is 5.00 Å². The van der Waals surface area contributed by atoms with Crippen molar-refractivity contribution in [2.45, 2.75) is 57.7 Å². The monoisotopic (exact) mass is 481 g/mol. The van der Waals surface area contributed by atoms with E-state index in [1.165, 1.54) is 30.6 Å². The minimum atomic E-state index is -0.328. The van der Waals surface area contributed by atoms with Gasteiger partial charge in [0.05, 0.1) is 23.1 Å². The Morgan fingerprint density at radius 2 is 2.09 bits per heavy atom. The number of thiophene rings is 1. The molecule has 0 spiro atoms. The van der Waals surface area contributed by atoms with Crippen molar-refractivity contribution in [2.24, 2.45) is 0 Å². The Labute approximate surface area is 204 Å². The van der Waals surface area contributed by atoms with E-state index in [4.69, 9.17) is 10.00 Å². The number of nitrogens with zero attached hydrogens (tertiary/aromatic N) is 3. The van der Waals surface area contributed by atoms with E-state index >= 15 is 0 Å². The van der Waals surface area contributed by atoms with Crippen molar-refractivity contribution in [3.63, 3.8) is 0 Å². The highest BCUT2D eigenvalue weighted by atomic mass is 32.1. The van der Waals surface area contributed by atoms with Gasteiger partial charge in [0.2, 0.25) is 0 Å². The average molecular weight is 482 g/mol. The summed E-state index contributed by atoms with van der Waals surface area (Å²) in [6.45, 7) is 2.77. The number of nitriles is 1. The van der Waals surface area contributed by atoms with E-state index in [0.717, 1.165) is 46.5 Å². The van der Waals surface area contributed by atoms with Crippen LogP contribution in [-0.4, -0.2) is 36.1 Å². The minimum absolute atomic E-state index is 0.226. The molecule has 2 heterocycles. The van der Waals surface area contributed by atoms with Crippen molar-refractivity contribution >= 4 is 27.2 Å². The summed E-state index contributed by atoms with van der Waals surface area (Å²) < 4.78 is 5.18. The Morgan fingerprint density at radius 3 is 2.74 bits per heavy atom. The molecule has 1 aliphatic rings. The lowest BCUT2D eigenvalue weighted by Gasteiger charge is -2.29. The van der Waals surface area contributed by atoms with Crippen molar-refractivity contribution in [1.82, 2.24) is 15.6 Å². The van der Waals surface area contributed by atoms with Crippen molar-refractivity contribution in [3.8, 4) is 11.8 Å². The lowest BCUT2D eigenvalue weighted by atomic mass is 9.91. The smallest absolute Gasteiger partial charge is 0.324 e. The molecule has 2 atom stereocenters. The van der Waals surface area contributed by atoms with E-state index in [1.54, 1.807) is 19.4 Å². The molecule has 1 aromatic carbocycles. The molecule has 9 heteroatoms. The summed E-state index contributed by atoms with van der Waals surface area (Å²) in [5, 5.41) is 27.7. The lowest BCUT2D eigenvalue weighted by molar-refractivity contribution is -0.380. The van der Waals surface area contributed by atoms with Crippen molar-refractivity contribution < 1.29 is 9.66 Å². The zero-order chi connectivity index (χ0) is 24.5. The summed E-state index contributed by atoms with van der Waals surface area (Å²) in [7, 11) is 3.64. The first-order chi connectivity index (χ1) is 16.5. The number of nitrogens with one attached hydrogen (secondary N) is 2. The second-order valence-electron chi connectivity index (χ2n) is 8.23. The van der Waals surface area contributed by atoms with E-state index in [0.29, 0.717) is 17.6 Å². The predicted molar refractivity (Wildman–Crippen MR) is 135 cm³/mol. The maximum absolute atomic E-state index is 10.6. The Balaban J connectivity index is 0.000000192. The molecule has 180 valence electrons. The maximum Gasteiger partial charge on any atom is 0.324 e. The van der Waals surface area contributed by atoms with Crippen LogP contribution in [0.25, 0.3) is 10.9 Å². The van der Waals surface area contributed by atoms with E-state index in [9.17, 15) is 10.1 Å². The van der Waals surface area contributed by atoms with Gasteiger partial charge in [0.15, 0.2) is 0 Å². The summed E-state index contributed by atoms with van der Waals surface area (Å²) >= 11 is 1.26. The molecular formula is C25H31N5O3S. The topological polar surface area (TPSA) is 113 Å². The Hall–Kier alpha value is -3.06. The van der Waals surface area contributed by atoms with E-state index < -0.39 is 0 Å². The van der Waals surface area contributed by atoms with Crippen LogP contribution in [0.15, 0.2) is 36.5 Å². The first kappa shape index (κ1) is 25.6. The molecule has 0 bridgehead atoms. The maximum atomic E-state index is 10.6. The molecule has 0 radical (unpaired) electrons. The number of aryl methyl sites for hydroxylation is 1. The number of benzene rings is 1. The number of methoxy groups -OCH3 is 1. The fourth-order valence-corrected chi connectivity index (χ4v) is 5.04. The molecule has 2 unspecified atom stereocenters. The number of ether oxygens (including phenoxy) is 1. The van der Waals surface area contributed by atoms with Crippen LogP contribution in [0.3, 0.4) is 0 Å².